The Balaban J connectivity index is 1.88. The Kier molecular flexibility index (Phi) is 6.44. The number of rotatable bonds is 7. The second-order valence-electron chi connectivity index (χ2n) is 5.62. The number of alkyl halides is 3. The van der Waals surface area contributed by atoms with Crippen LogP contribution in [0.3, 0.4) is 0 Å². The Labute approximate surface area is 144 Å². The molecule has 0 fully saturated rings. The molecule has 0 aliphatic carbocycles. The van der Waals surface area contributed by atoms with Crippen LogP contribution < -0.4 is 5.32 Å². The van der Waals surface area contributed by atoms with Crippen molar-refractivity contribution in [3.05, 3.63) is 65.2 Å². The Morgan fingerprint density at radius 2 is 1.68 bits per heavy atom. The zero-order valence-electron chi connectivity index (χ0n) is 13.9. The van der Waals surface area contributed by atoms with Gasteiger partial charge in [-0.3, -0.25) is 0 Å². The second-order valence-corrected chi connectivity index (χ2v) is 5.62. The molecule has 134 valence electrons. The number of carbonyl (C=O) groups is 1. The van der Waals surface area contributed by atoms with Crippen molar-refractivity contribution in [1.82, 2.24) is 0 Å². The third-order valence-corrected chi connectivity index (χ3v) is 3.63. The lowest BCUT2D eigenvalue weighted by molar-refractivity contribution is -0.137. The fourth-order valence-electron chi connectivity index (χ4n) is 2.13. The minimum atomic E-state index is -4.33. The van der Waals surface area contributed by atoms with Crippen LogP contribution in [0.25, 0.3) is 0 Å². The Morgan fingerprint density at radius 1 is 1.04 bits per heavy atom. The molecule has 0 bridgehead atoms. The number of esters is 1. The quantitative estimate of drug-likeness (QED) is 0.545. The van der Waals surface area contributed by atoms with Gasteiger partial charge in [0.05, 0.1) is 17.7 Å². The zero-order chi connectivity index (χ0) is 18.3. The second kappa shape index (κ2) is 8.55. The Bertz CT molecular complexity index is 679. The molecule has 0 aliphatic rings. The van der Waals surface area contributed by atoms with E-state index in [1.165, 1.54) is 12.1 Å². The minimum absolute atomic E-state index is 0.359. The van der Waals surface area contributed by atoms with Gasteiger partial charge in [-0.15, -0.1) is 0 Å². The predicted molar refractivity (Wildman–Crippen MR) is 90.4 cm³/mol. The van der Waals surface area contributed by atoms with Crippen LogP contribution in [-0.4, -0.2) is 12.6 Å². The fourth-order valence-corrected chi connectivity index (χ4v) is 2.13. The average Bonchev–Trinajstić information content (AvgIpc) is 2.60. The number of carbonyl (C=O) groups excluding carboxylic acids is 1. The van der Waals surface area contributed by atoms with Crippen LogP contribution in [0.15, 0.2) is 48.5 Å². The van der Waals surface area contributed by atoms with E-state index in [1.807, 2.05) is 6.92 Å². The summed E-state index contributed by atoms with van der Waals surface area (Å²) in [4.78, 5) is 11.8. The van der Waals surface area contributed by atoms with Crippen molar-refractivity contribution in [3.8, 4) is 0 Å². The minimum Gasteiger partial charge on any atom is -0.462 e. The molecule has 0 saturated heterocycles. The van der Waals surface area contributed by atoms with Crippen molar-refractivity contribution >= 4 is 11.7 Å². The molecular weight excluding hydrogens is 331 g/mol. The summed E-state index contributed by atoms with van der Waals surface area (Å²) in [5, 5.41) is 3.10. The average molecular weight is 351 g/mol. The third kappa shape index (κ3) is 5.81. The van der Waals surface area contributed by atoms with Crippen LogP contribution in [0.4, 0.5) is 18.9 Å². The van der Waals surface area contributed by atoms with E-state index in [2.05, 4.69) is 5.32 Å². The van der Waals surface area contributed by atoms with Gasteiger partial charge in [-0.05, 0) is 48.4 Å². The predicted octanol–water partition coefficient (Wildman–Crippen LogP) is 5.27. The molecule has 2 aromatic carbocycles. The monoisotopic (exact) mass is 351 g/mol. The highest BCUT2D eigenvalue weighted by Gasteiger charge is 2.29. The number of ether oxygens (including phenoxy) is 1. The van der Waals surface area contributed by atoms with E-state index in [9.17, 15) is 18.0 Å². The summed E-state index contributed by atoms with van der Waals surface area (Å²) in [6.45, 7) is 2.81. The molecule has 2 aromatic rings. The molecule has 0 aromatic heterocycles. The molecule has 25 heavy (non-hydrogen) atoms. The summed E-state index contributed by atoms with van der Waals surface area (Å²) in [5.74, 6) is -0.359. The zero-order valence-corrected chi connectivity index (χ0v) is 13.9. The first-order valence-electron chi connectivity index (χ1n) is 8.07. The smallest absolute Gasteiger partial charge is 0.416 e. The van der Waals surface area contributed by atoms with Gasteiger partial charge >= 0.3 is 12.1 Å². The molecule has 0 heterocycles. The number of benzene rings is 2. The number of hydrogen-bond acceptors (Lipinski definition) is 3. The SMILES string of the molecule is CCCCOC(=O)c1ccc(NCc2ccc(C(F)(F)F)cc2)cc1. The summed E-state index contributed by atoms with van der Waals surface area (Å²) < 4.78 is 42.7. The van der Waals surface area contributed by atoms with Gasteiger partial charge in [-0.25, -0.2) is 4.79 Å². The molecule has 0 unspecified atom stereocenters. The topological polar surface area (TPSA) is 38.3 Å². The van der Waals surface area contributed by atoms with Gasteiger partial charge in [0.25, 0.3) is 0 Å². The van der Waals surface area contributed by atoms with Crippen molar-refractivity contribution < 1.29 is 22.7 Å². The number of hydrogen-bond donors (Lipinski definition) is 1. The normalized spacial score (nSPS) is 11.2. The maximum absolute atomic E-state index is 12.5. The third-order valence-electron chi connectivity index (χ3n) is 3.63. The van der Waals surface area contributed by atoms with Gasteiger partial charge in [-0.2, -0.15) is 13.2 Å². The molecule has 0 saturated carbocycles. The lowest BCUT2D eigenvalue weighted by Gasteiger charge is -2.10. The van der Waals surface area contributed by atoms with Crippen molar-refractivity contribution in [2.24, 2.45) is 0 Å². The lowest BCUT2D eigenvalue weighted by Crippen LogP contribution is -2.07. The molecule has 3 nitrogen and oxygen atoms in total. The Morgan fingerprint density at radius 3 is 2.24 bits per heavy atom. The van der Waals surface area contributed by atoms with Crippen LogP contribution >= 0.6 is 0 Å². The molecular formula is C19H20F3NO2. The van der Waals surface area contributed by atoms with Crippen molar-refractivity contribution in [3.63, 3.8) is 0 Å². The first-order valence-corrected chi connectivity index (χ1v) is 8.07. The van der Waals surface area contributed by atoms with Crippen molar-refractivity contribution in [1.29, 1.82) is 0 Å². The maximum atomic E-state index is 12.5. The van der Waals surface area contributed by atoms with Crippen molar-refractivity contribution in [2.45, 2.75) is 32.5 Å². The highest BCUT2D eigenvalue weighted by Crippen LogP contribution is 2.29. The summed E-state index contributed by atoms with van der Waals surface area (Å²) >= 11 is 0. The van der Waals surface area contributed by atoms with Crippen LogP contribution in [0.5, 0.6) is 0 Å². The molecule has 0 atom stereocenters. The van der Waals surface area contributed by atoms with E-state index < -0.39 is 11.7 Å². The highest BCUT2D eigenvalue weighted by atomic mass is 19.4. The van der Waals surface area contributed by atoms with Gasteiger partial charge in [0, 0.05) is 12.2 Å². The van der Waals surface area contributed by atoms with E-state index in [1.54, 1.807) is 24.3 Å². The lowest BCUT2D eigenvalue weighted by atomic mass is 10.1. The van der Waals surface area contributed by atoms with Crippen LogP contribution in [0, 0.1) is 0 Å². The van der Waals surface area contributed by atoms with E-state index in [0.29, 0.717) is 18.7 Å². The van der Waals surface area contributed by atoms with Gasteiger partial charge in [0.2, 0.25) is 0 Å². The van der Waals surface area contributed by atoms with Crippen molar-refractivity contribution in [2.75, 3.05) is 11.9 Å². The number of anilines is 1. The maximum Gasteiger partial charge on any atom is 0.416 e. The fraction of sp³-hybridized carbons (Fsp3) is 0.316. The molecule has 0 radical (unpaired) electrons. The van der Waals surface area contributed by atoms with E-state index in [4.69, 9.17) is 4.74 Å². The first-order chi connectivity index (χ1) is 11.9. The summed E-state index contributed by atoms with van der Waals surface area (Å²) in [7, 11) is 0. The van der Waals surface area contributed by atoms with E-state index >= 15 is 0 Å². The summed E-state index contributed by atoms with van der Waals surface area (Å²) in [5.41, 5.74) is 1.31. The summed E-state index contributed by atoms with van der Waals surface area (Å²) in [6.07, 6.45) is -2.54. The van der Waals surface area contributed by atoms with E-state index in [0.717, 1.165) is 36.2 Å². The molecule has 0 spiro atoms. The first kappa shape index (κ1) is 18.8. The molecule has 6 heteroatoms. The van der Waals surface area contributed by atoms with Crippen LogP contribution in [0.2, 0.25) is 0 Å². The van der Waals surface area contributed by atoms with Crippen LogP contribution in [0.1, 0.15) is 41.3 Å². The number of unbranched alkanes of at least 4 members (excludes halogenated alkanes) is 1. The molecule has 0 aliphatic heterocycles. The van der Waals surface area contributed by atoms with Gasteiger partial charge in [0.1, 0.15) is 0 Å². The highest BCUT2D eigenvalue weighted by molar-refractivity contribution is 5.89. The number of halogens is 3. The largest absolute Gasteiger partial charge is 0.462 e. The number of nitrogens with one attached hydrogen (secondary N) is 1. The van der Waals surface area contributed by atoms with Gasteiger partial charge in [0.15, 0.2) is 0 Å². The standard InChI is InChI=1S/C19H20F3NO2/c1-2-3-12-25-18(24)15-6-10-17(11-7-15)23-13-14-4-8-16(9-5-14)19(20,21)22/h4-11,23H,2-3,12-13H2,1H3. The Hall–Kier alpha value is -2.50. The molecule has 2 rings (SSSR count). The summed E-state index contributed by atoms with van der Waals surface area (Å²) in [6, 6.07) is 11.8. The van der Waals surface area contributed by atoms with Crippen LogP contribution in [-0.2, 0) is 17.5 Å². The molecule has 0 amide bonds. The molecule has 1 N–H and O–H groups in total. The van der Waals surface area contributed by atoms with Gasteiger partial charge in [-0.1, -0.05) is 25.5 Å². The van der Waals surface area contributed by atoms with Gasteiger partial charge < -0.3 is 10.1 Å². The van der Waals surface area contributed by atoms with E-state index in [-0.39, 0.29) is 5.97 Å².